The number of hydrogen-bond donors (Lipinski definition) is 1. The highest BCUT2D eigenvalue weighted by atomic mass is 15.3. The monoisotopic (exact) mass is 237 g/mol. The van der Waals surface area contributed by atoms with E-state index in [0.717, 1.165) is 43.7 Å². The number of hydrogen-bond acceptors (Lipinski definition) is 4. The summed E-state index contributed by atoms with van der Waals surface area (Å²) in [5.41, 5.74) is 5.82. The molecule has 2 rings (SSSR count). The topological polar surface area (TPSA) is 60.0 Å². The van der Waals surface area contributed by atoms with Gasteiger partial charge in [-0.1, -0.05) is 6.92 Å². The molecule has 0 saturated carbocycles. The second kappa shape index (κ2) is 5.14. The van der Waals surface area contributed by atoms with Gasteiger partial charge in [0.05, 0.1) is 6.54 Å². The van der Waals surface area contributed by atoms with Crippen LogP contribution in [0.5, 0.6) is 0 Å². The molecule has 0 aromatic carbocycles. The molecule has 2 atom stereocenters. The van der Waals surface area contributed by atoms with Gasteiger partial charge in [-0.25, -0.2) is 0 Å². The van der Waals surface area contributed by atoms with Crippen molar-refractivity contribution in [2.45, 2.75) is 26.8 Å². The predicted molar refractivity (Wildman–Crippen MR) is 67.3 cm³/mol. The summed E-state index contributed by atoms with van der Waals surface area (Å²) in [6.45, 7) is 8.20. The van der Waals surface area contributed by atoms with Gasteiger partial charge in [0.15, 0.2) is 0 Å². The fourth-order valence-electron chi connectivity index (χ4n) is 2.46. The minimum absolute atomic E-state index is 0.623. The first-order chi connectivity index (χ1) is 8.11. The Kier molecular flexibility index (Phi) is 3.79. The van der Waals surface area contributed by atoms with Gasteiger partial charge in [-0.2, -0.15) is 0 Å². The summed E-state index contributed by atoms with van der Waals surface area (Å²) in [5.74, 6) is 3.39. The number of nitrogens with two attached hydrogens (primary N) is 1. The van der Waals surface area contributed by atoms with Gasteiger partial charge in [0, 0.05) is 13.6 Å². The molecule has 1 fully saturated rings. The molecule has 2 heterocycles. The van der Waals surface area contributed by atoms with E-state index in [-0.39, 0.29) is 0 Å². The van der Waals surface area contributed by atoms with Crippen molar-refractivity contribution in [3.8, 4) is 0 Å². The molecular weight excluding hydrogens is 214 g/mol. The van der Waals surface area contributed by atoms with E-state index in [1.165, 1.54) is 6.42 Å². The van der Waals surface area contributed by atoms with Crippen molar-refractivity contribution >= 4 is 0 Å². The van der Waals surface area contributed by atoms with Crippen LogP contribution in [0, 0.1) is 18.8 Å². The third-order valence-corrected chi connectivity index (χ3v) is 4.05. The van der Waals surface area contributed by atoms with E-state index in [4.69, 9.17) is 5.73 Å². The smallest absolute Gasteiger partial charge is 0.146 e. The molecule has 1 aliphatic rings. The van der Waals surface area contributed by atoms with Gasteiger partial charge in [0.2, 0.25) is 0 Å². The van der Waals surface area contributed by atoms with Crippen molar-refractivity contribution in [2.24, 2.45) is 24.6 Å². The van der Waals surface area contributed by atoms with E-state index in [2.05, 4.69) is 26.6 Å². The van der Waals surface area contributed by atoms with Gasteiger partial charge >= 0.3 is 0 Å². The SMILES string of the molecule is Cc1nnc(CN2CCC(C)C(CN)C2)n1C. The summed E-state index contributed by atoms with van der Waals surface area (Å²) in [5, 5.41) is 8.32. The average molecular weight is 237 g/mol. The minimum Gasteiger partial charge on any atom is -0.330 e. The molecule has 0 aliphatic carbocycles. The standard InChI is InChI=1S/C12H23N5/c1-9-4-5-17(7-11(9)6-13)8-12-15-14-10(2)16(12)3/h9,11H,4-8,13H2,1-3H3. The molecule has 0 amide bonds. The lowest BCUT2D eigenvalue weighted by Gasteiger charge is -2.36. The minimum atomic E-state index is 0.623. The van der Waals surface area contributed by atoms with Gasteiger partial charge < -0.3 is 10.3 Å². The first-order valence-corrected chi connectivity index (χ1v) is 6.39. The van der Waals surface area contributed by atoms with Crippen LogP contribution in [-0.2, 0) is 13.6 Å². The van der Waals surface area contributed by atoms with Crippen molar-refractivity contribution in [2.75, 3.05) is 19.6 Å². The van der Waals surface area contributed by atoms with Gasteiger partial charge in [0.25, 0.3) is 0 Å². The van der Waals surface area contributed by atoms with Crippen LogP contribution in [0.3, 0.4) is 0 Å². The number of rotatable bonds is 3. The summed E-state index contributed by atoms with van der Waals surface area (Å²) >= 11 is 0. The molecule has 2 unspecified atom stereocenters. The Balaban J connectivity index is 1.98. The third-order valence-electron chi connectivity index (χ3n) is 4.05. The van der Waals surface area contributed by atoms with Gasteiger partial charge in [-0.05, 0) is 38.3 Å². The highest BCUT2D eigenvalue weighted by Gasteiger charge is 2.25. The Hall–Kier alpha value is -0.940. The van der Waals surface area contributed by atoms with Crippen molar-refractivity contribution in [1.29, 1.82) is 0 Å². The van der Waals surface area contributed by atoms with Crippen molar-refractivity contribution in [3.63, 3.8) is 0 Å². The second-order valence-electron chi connectivity index (χ2n) is 5.22. The van der Waals surface area contributed by atoms with Crippen LogP contribution < -0.4 is 5.73 Å². The fraction of sp³-hybridized carbons (Fsp3) is 0.833. The van der Waals surface area contributed by atoms with Crippen LogP contribution in [0.4, 0.5) is 0 Å². The van der Waals surface area contributed by atoms with E-state index >= 15 is 0 Å². The molecule has 5 nitrogen and oxygen atoms in total. The summed E-state index contributed by atoms with van der Waals surface area (Å²) in [6.07, 6.45) is 1.23. The molecule has 1 aliphatic heterocycles. The summed E-state index contributed by atoms with van der Waals surface area (Å²) in [6, 6.07) is 0. The average Bonchev–Trinajstić information content (AvgIpc) is 2.63. The Bertz CT molecular complexity index is 373. The molecule has 0 spiro atoms. The molecule has 0 radical (unpaired) electrons. The zero-order chi connectivity index (χ0) is 12.4. The quantitative estimate of drug-likeness (QED) is 0.833. The third kappa shape index (κ3) is 2.66. The molecule has 0 bridgehead atoms. The Labute approximate surface area is 103 Å². The number of aryl methyl sites for hydroxylation is 1. The summed E-state index contributed by atoms with van der Waals surface area (Å²) in [7, 11) is 2.03. The summed E-state index contributed by atoms with van der Waals surface area (Å²) in [4.78, 5) is 2.45. The second-order valence-corrected chi connectivity index (χ2v) is 5.22. The zero-order valence-corrected chi connectivity index (χ0v) is 11.1. The first kappa shape index (κ1) is 12.5. The highest BCUT2D eigenvalue weighted by molar-refractivity contribution is 4.93. The van der Waals surface area contributed by atoms with E-state index in [1.807, 2.05) is 14.0 Å². The molecular formula is C12H23N5. The van der Waals surface area contributed by atoms with Crippen LogP contribution in [-0.4, -0.2) is 39.3 Å². The van der Waals surface area contributed by atoms with Crippen LogP contribution >= 0.6 is 0 Å². The van der Waals surface area contributed by atoms with E-state index in [0.29, 0.717) is 5.92 Å². The van der Waals surface area contributed by atoms with Crippen molar-refractivity contribution < 1.29 is 0 Å². The van der Waals surface area contributed by atoms with E-state index < -0.39 is 0 Å². The fourth-order valence-corrected chi connectivity index (χ4v) is 2.46. The lowest BCUT2D eigenvalue weighted by atomic mass is 9.87. The van der Waals surface area contributed by atoms with E-state index in [9.17, 15) is 0 Å². The molecule has 1 aromatic heterocycles. The molecule has 5 heteroatoms. The number of piperidine rings is 1. The lowest BCUT2D eigenvalue weighted by Crippen LogP contribution is -2.42. The van der Waals surface area contributed by atoms with Crippen LogP contribution in [0.15, 0.2) is 0 Å². The van der Waals surface area contributed by atoms with Crippen LogP contribution in [0.2, 0.25) is 0 Å². The molecule has 17 heavy (non-hydrogen) atoms. The number of aromatic nitrogens is 3. The van der Waals surface area contributed by atoms with Gasteiger partial charge in [-0.15, -0.1) is 10.2 Å². The molecule has 1 saturated heterocycles. The Morgan fingerprint density at radius 1 is 1.41 bits per heavy atom. The maximum absolute atomic E-state index is 5.82. The highest BCUT2D eigenvalue weighted by Crippen LogP contribution is 2.23. The van der Waals surface area contributed by atoms with Gasteiger partial charge in [-0.3, -0.25) is 4.90 Å². The lowest BCUT2D eigenvalue weighted by molar-refractivity contribution is 0.122. The zero-order valence-electron chi connectivity index (χ0n) is 11.1. The molecule has 1 aromatic rings. The van der Waals surface area contributed by atoms with E-state index in [1.54, 1.807) is 0 Å². The predicted octanol–water partition coefficient (Wildman–Crippen LogP) is 0.540. The maximum atomic E-state index is 5.82. The van der Waals surface area contributed by atoms with Crippen LogP contribution in [0.25, 0.3) is 0 Å². The Morgan fingerprint density at radius 3 is 2.76 bits per heavy atom. The molecule has 96 valence electrons. The number of nitrogens with zero attached hydrogens (tertiary/aromatic N) is 4. The molecule has 2 N–H and O–H groups in total. The van der Waals surface area contributed by atoms with Gasteiger partial charge in [0.1, 0.15) is 11.6 Å². The Morgan fingerprint density at radius 2 is 2.18 bits per heavy atom. The van der Waals surface area contributed by atoms with Crippen molar-refractivity contribution in [1.82, 2.24) is 19.7 Å². The first-order valence-electron chi connectivity index (χ1n) is 6.39. The van der Waals surface area contributed by atoms with Crippen LogP contribution in [0.1, 0.15) is 25.0 Å². The normalized spacial score (nSPS) is 26.4. The summed E-state index contributed by atoms with van der Waals surface area (Å²) < 4.78 is 2.06. The van der Waals surface area contributed by atoms with Crippen molar-refractivity contribution in [3.05, 3.63) is 11.6 Å². The number of likely N-dealkylation sites (tertiary alicyclic amines) is 1. The maximum Gasteiger partial charge on any atom is 0.146 e. The largest absolute Gasteiger partial charge is 0.330 e.